The molecule has 4 nitrogen and oxygen atoms in total. The van der Waals surface area contributed by atoms with E-state index >= 15 is 0 Å². The van der Waals surface area contributed by atoms with E-state index in [2.05, 4.69) is 0 Å². The van der Waals surface area contributed by atoms with E-state index in [1.165, 1.54) is 17.2 Å². The number of carbonyl (C=O) groups is 2. The molecule has 0 saturated carbocycles. The molecule has 0 heterocycles. The van der Waals surface area contributed by atoms with Gasteiger partial charge in [0.15, 0.2) is 12.4 Å². The number of ketones is 1. The summed E-state index contributed by atoms with van der Waals surface area (Å²) in [6.45, 7) is -0.152. The van der Waals surface area contributed by atoms with E-state index in [1.54, 1.807) is 12.1 Å². The first-order valence-corrected chi connectivity index (χ1v) is 7.79. The van der Waals surface area contributed by atoms with E-state index in [0.29, 0.717) is 10.6 Å². The smallest absolute Gasteiger partial charge is 0.252 e. The van der Waals surface area contributed by atoms with E-state index < -0.39 is 5.91 Å². The van der Waals surface area contributed by atoms with Crippen LogP contribution in [0.3, 0.4) is 0 Å². The van der Waals surface area contributed by atoms with Crippen molar-refractivity contribution in [1.29, 1.82) is 0 Å². The first kappa shape index (κ1) is 15.6. The van der Waals surface area contributed by atoms with Gasteiger partial charge in [-0.25, -0.2) is 0 Å². The summed E-state index contributed by atoms with van der Waals surface area (Å²) < 4.78 is 5.48. The molecule has 23 heavy (non-hydrogen) atoms. The fourth-order valence-electron chi connectivity index (χ4n) is 2.79. The average Bonchev–Trinajstić information content (AvgIpc) is 3.00. The first-order chi connectivity index (χ1) is 11.0. The van der Waals surface area contributed by atoms with Crippen LogP contribution >= 0.6 is 11.6 Å². The van der Waals surface area contributed by atoms with Crippen molar-refractivity contribution in [1.82, 2.24) is 0 Å². The zero-order valence-electron chi connectivity index (χ0n) is 12.5. The Balaban J connectivity index is 1.73. The van der Waals surface area contributed by atoms with Crippen LogP contribution in [0.5, 0.6) is 5.75 Å². The second-order valence-corrected chi connectivity index (χ2v) is 5.99. The molecular formula is C18H16ClNO3. The minimum absolute atomic E-state index is 0.134. The number of carbonyl (C=O) groups excluding carboxylic acids is 2. The van der Waals surface area contributed by atoms with Crippen LogP contribution in [0, 0.1) is 0 Å². The van der Waals surface area contributed by atoms with Crippen LogP contribution in [-0.4, -0.2) is 18.3 Å². The number of aryl methyl sites for hydroxylation is 2. The number of benzene rings is 2. The first-order valence-electron chi connectivity index (χ1n) is 7.42. The van der Waals surface area contributed by atoms with Gasteiger partial charge in [0.2, 0.25) is 0 Å². The molecule has 1 amide bonds. The second kappa shape index (κ2) is 6.42. The zero-order chi connectivity index (χ0) is 16.4. The highest BCUT2D eigenvalue weighted by Crippen LogP contribution is 2.24. The monoisotopic (exact) mass is 329 g/mol. The normalized spacial score (nSPS) is 12.7. The van der Waals surface area contributed by atoms with Crippen molar-refractivity contribution >= 4 is 23.3 Å². The van der Waals surface area contributed by atoms with Gasteiger partial charge in [-0.05, 0) is 54.7 Å². The number of hydrogen-bond donors (Lipinski definition) is 1. The molecule has 2 N–H and O–H groups in total. The number of halogens is 1. The van der Waals surface area contributed by atoms with E-state index in [1.807, 2.05) is 18.2 Å². The molecule has 0 fully saturated rings. The van der Waals surface area contributed by atoms with Crippen molar-refractivity contribution in [2.75, 3.05) is 6.61 Å². The summed E-state index contributed by atoms with van der Waals surface area (Å²) >= 11 is 5.84. The molecule has 1 aliphatic carbocycles. The predicted octanol–water partition coefficient (Wildman–Crippen LogP) is 3.19. The number of primary amides is 1. The standard InChI is InChI=1S/C18H16ClNO3/c19-14-6-7-17(15(9-14)18(20)22)23-10-16(21)13-5-4-11-2-1-3-12(11)8-13/h4-9H,1-3,10H2,(H2,20,22). The highest BCUT2D eigenvalue weighted by atomic mass is 35.5. The Kier molecular flexibility index (Phi) is 4.35. The third-order valence-electron chi connectivity index (χ3n) is 3.99. The number of rotatable bonds is 5. The van der Waals surface area contributed by atoms with E-state index in [-0.39, 0.29) is 23.7 Å². The molecule has 0 aliphatic heterocycles. The van der Waals surface area contributed by atoms with Crippen LogP contribution in [0.1, 0.15) is 38.3 Å². The predicted molar refractivity (Wildman–Crippen MR) is 88.3 cm³/mol. The highest BCUT2D eigenvalue weighted by molar-refractivity contribution is 6.31. The molecule has 2 aromatic carbocycles. The summed E-state index contributed by atoms with van der Waals surface area (Å²) in [6.07, 6.45) is 3.23. The molecule has 1 aliphatic rings. The maximum Gasteiger partial charge on any atom is 0.252 e. The average molecular weight is 330 g/mol. The Morgan fingerprint density at radius 2 is 1.87 bits per heavy atom. The summed E-state index contributed by atoms with van der Waals surface area (Å²) in [6, 6.07) is 10.3. The summed E-state index contributed by atoms with van der Waals surface area (Å²) in [5, 5.41) is 0.385. The lowest BCUT2D eigenvalue weighted by Gasteiger charge is -2.10. The molecule has 0 saturated heterocycles. The number of ether oxygens (including phenoxy) is 1. The fourth-order valence-corrected chi connectivity index (χ4v) is 2.96. The number of fused-ring (bicyclic) bond motifs is 1. The van der Waals surface area contributed by atoms with Crippen LogP contribution in [0.15, 0.2) is 36.4 Å². The minimum Gasteiger partial charge on any atom is -0.485 e. The molecular weight excluding hydrogens is 314 g/mol. The van der Waals surface area contributed by atoms with Crippen molar-refractivity contribution < 1.29 is 14.3 Å². The van der Waals surface area contributed by atoms with Gasteiger partial charge >= 0.3 is 0 Å². The molecule has 0 aromatic heterocycles. The Labute approximate surface area is 139 Å². The van der Waals surface area contributed by atoms with Crippen LogP contribution in [0.2, 0.25) is 5.02 Å². The molecule has 0 atom stereocenters. The van der Waals surface area contributed by atoms with Crippen LogP contribution in [0.4, 0.5) is 0 Å². The van der Waals surface area contributed by atoms with Crippen LogP contribution in [0.25, 0.3) is 0 Å². The van der Waals surface area contributed by atoms with Gasteiger partial charge in [0, 0.05) is 10.6 Å². The molecule has 0 radical (unpaired) electrons. The molecule has 2 aromatic rings. The molecule has 0 unspecified atom stereocenters. The van der Waals surface area contributed by atoms with Gasteiger partial charge in [0.1, 0.15) is 5.75 Å². The summed E-state index contributed by atoms with van der Waals surface area (Å²) in [5.74, 6) is -0.519. The van der Waals surface area contributed by atoms with E-state index in [9.17, 15) is 9.59 Å². The van der Waals surface area contributed by atoms with E-state index in [4.69, 9.17) is 22.1 Å². The Hall–Kier alpha value is -2.33. The number of Topliss-reactive ketones (excluding diaryl/α,β-unsaturated/α-hetero) is 1. The largest absolute Gasteiger partial charge is 0.485 e. The van der Waals surface area contributed by atoms with Gasteiger partial charge in [0.05, 0.1) is 5.56 Å². The molecule has 3 rings (SSSR count). The molecule has 0 bridgehead atoms. The van der Waals surface area contributed by atoms with E-state index in [0.717, 1.165) is 19.3 Å². The second-order valence-electron chi connectivity index (χ2n) is 5.55. The molecule has 5 heteroatoms. The Morgan fingerprint density at radius 1 is 1.09 bits per heavy atom. The Morgan fingerprint density at radius 3 is 2.65 bits per heavy atom. The lowest BCUT2D eigenvalue weighted by atomic mass is 10.0. The third kappa shape index (κ3) is 3.37. The van der Waals surface area contributed by atoms with Gasteiger partial charge in [-0.2, -0.15) is 0 Å². The summed E-state index contributed by atoms with van der Waals surface area (Å²) in [4.78, 5) is 23.7. The highest BCUT2D eigenvalue weighted by Gasteiger charge is 2.16. The molecule has 0 spiro atoms. The maximum absolute atomic E-state index is 12.3. The number of nitrogens with two attached hydrogens (primary N) is 1. The van der Waals surface area contributed by atoms with Crippen molar-refractivity contribution in [3.8, 4) is 5.75 Å². The topological polar surface area (TPSA) is 69.4 Å². The minimum atomic E-state index is -0.646. The van der Waals surface area contributed by atoms with Crippen molar-refractivity contribution in [2.24, 2.45) is 5.73 Å². The quantitative estimate of drug-likeness (QED) is 0.856. The van der Waals surface area contributed by atoms with Gasteiger partial charge in [-0.15, -0.1) is 0 Å². The van der Waals surface area contributed by atoms with Gasteiger partial charge in [-0.3, -0.25) is 9.59 Å². The molecule has 118 valence electrons. The van der Waals surface area contributed by atoms with Crippen LogP contribution < -0.4 is 10.5 Å². The van der Waals surface area contributed by atoms with Gasteiger partial charge in [-0.1, -0.05) is 23.7 Å². The zero-order valence-corrected chi connectivity index (χ0v) is 13.2. The summed E-state index contributed by atoms with van der Waals surface area (Å²) in [5.41, 5.74) is 8.64. The lowest BCUT2D eigenvalue weighted by molar-refractivity contribution is 0.0912. The van der Waals surface area contributed by atoms with Crippen molar-refractivity contribution in [3.63, 3.8) is 0 Å². The maximum atomic E-state index is 12.3. The van der Waals surface area contributed by atoms with Crippen molar-refractivity contribution in [2.45, 2.75) is 19.3 Å². The number of amides is 1. The lowest BCUT2D eigenvalue weighted by Crippen LogP contribution is -2.16. The summed E-state index contributed by atoms with van der Waals surface area (Å²) in [7, 11) is 0. The third-order valence-corrected chi connectivity index (χ3v) is 4.22. The van der Waals surface area contributed by atoms with Crippen molar-refractivity contribution in [3.05, 3.63) is 63.7 Å². The van der Waals surface area contributed by atoms with Gasteiger partial charge in [0.25, 0.3) is 5.91 Å². The van der Waals surface area contributed by atoms with Crippen LogP contribution in [-0.2, 0) is 12.8 Å². The van der Waals surface area contributed by atoms with Gasteiger partial charge < -0.3 is 10.5 Å². The fraction of sp³-hybridized carbons (Fsp3) is 0.222. The Bertz CT molecular complexity index is 786. The number of hydrogen-bond acceptors (Lipinski definition) is 3. The SMILES string of the molecule is NC(=O)c1cc(Cl)ccc1OCC(=O)c1ccc2c(c1)CCC2.